The van der Waals surface area contributed by atoms with Crippen LogP contribution in [0.25, 0.3) is 5.57 Å². The van der Waals surface area contributed by atoms with Gasteiger partial charge in [-0.25, -0.2) is 0 Å². The van der Waals surface area contributed by atoms with Crippen LogP contribution in [0, 0.1) is 0 Å². The fourth-order valence-electron chi connectivity index (χ4n) is 3.65. The molecule has 1 heterocycles. The lowest BCUT2D eigenvalue weighted by Gasteiger charge is -2.23. The monoisotopic (exact) mass is 369 g/mol. The number of benzene rings is 2. The van der Waals surface area contributed by atoms with E-state index in [4.69, 9.17) is 16.3 Å². The molecule has 0 bridgehead atoms. The van der Waals surface area contributed by atoms with Crippen LogP contribution in [0.1, 0.15) is 29.5 Å². The molecule has 0 saturated carbocycles. The molecule has 2 aliphatic rings. The third-order valence-electron chi connectivity index (χ3n) is 4.94. The Morgan fingerprint density at radius 1 is 1.27 bits per heavy atom. The van der Waals surface area contributed by atoms with Crippen LogP contribution in [-0.4, -0.2) is 23.7 Å². The number of carbonyl (C=O) groups excluding carboxylic acids is 1. The second-order valence-corrected chi connectivity index (χ2v) is 7.17. The number of amides is 1. The summed E-state index contributed by atoms with van der Waals surface area (Å²) in [5.74, 6) is 0.541. The Kier molecular flexibility index (Phi) is 4.70. The first kappa shape index (κ1) is 17.1. The lowest BCUT2D eigenvalue weighted by Crippen LogP contribution is -2.21. The average Bonchev–Trinajstić information content (AvgIpc) is 2.62. The molecule has 0 radical (unpaired) electrons. The summed E-state index contributed by atoms with van der Waals surface area (Å²) in [7, 11) is 0. The van der Waals surface area contributed by atoms with Gasteiger partial charge in [0.1, 0.15) is 5.75 Å². The molecule has 0 fully saturated rings. The van der Waals surface area contributed by atoms with Crippen molar-refractivity contribution in [2.24, 2.45) is 0 Å². The highest BCUT2D eigenvalue weighted by Crippen LogP contribution is 2.35. The molecule has 134 valence electrons. The van der Waals surface area contributed by atoms with E-state index in [0.29, 0.717) is 30.2 Å². The standard InChI is InChI=1S/C21H20ClNO3/c22-15-5-7-17-14(8-9-26-20(17)11-15)10-21(25)23-19-3-1-2-13-4-6-16(24)12-18(13)19/h1-3,5,7,10-11,16,24H,4,6,8-9,12H2,(H,23,25). The summed E-state index contributed by atoms with van der Waals surface area (Å²) < 4.78 is 5.64. The maximum absolute atomic E-state index is 12.6. The van der Waals surface area contributed by atoms with Gasteiger partial charge in [-0.05, 0) is 53.8 Å². The number of ether oxygens (including phenoxy) is 1. The van der Waals surface area contributed by atoms with Gasteiger partial charge in [-0.2, -0.15) is 0 Å². The second kappa shape index (κ2) is 7.14. The molecule has 1 unspecified atom stereocenters. The molecule has 1 aliphatic heterocycles. The van der Waals surface area contributed by atoms with Crippen molar-refractivity contribution in [1.29, 1.82) is 0 Å². The fourth-order valence-corrected chi connectivity index (χ4v) is 3.81. The van der Waals surface area contributed by atoms with Gasteiger partial charge in [0.05, 0.1) is 12.7 Å². The summed E-state index contributed by atoms with van der Waals surface area (Å²) in [6.07, 6.45) is 4.16. The first-order valence-corrected chi connectivity index (χ1v) is 9.21. The quantitative estimate of drug-likeness (QED) is 0.787. The molecule has 2 aromatic carbocycles. The molecular weight excluding hydrogens is 350 g/mol. The number of carbonyl (C=O) groups is 1. The Labute approximate surface area is 157 Å². The van der Waals surface area contributed by atoms with Gasteiger partial charge in [0.2, 0.25) is 5.91 Å². The van der Waals surface area contributed by atoms with Crippen molar-refractivity contribution >= 4 is 28.8 Å². The van der Waals surface area contributed by atoms with E-state index in [-0.39, 0.29) is 12.0 Å². The molecule has 0 spiro atoms. The molecule has 1 atom stereocenters. The Morgan fingerprint density at radius 2 is 2.15 bits per heavy atom. The number of nitrogens with one attached hydrogen (secondary N) is 1. The first-order valence-electron chi connectivity index (χ1n) is 8.83. The van der Waals surface area contributed by atoms with Crippen LogP contribution in [0.3, 0.4) is 0 Å². The third kappa shape index (κ3) is 3.48. The Hall–Kier alpha value is -2.30. The van der Waals surface area contributed by atoms with E-state index >= 15 is 0 Å². The zero-order valence-electron chi connectivity index (χ0n) is 14.3. The topological polar surface area (TPSA) is 58.6 Å². The zero-order valence-corrected chi connectivity index (χ0v) is 15.1. The van der Waals surface area contributed by atoms with Gasteiger partial charge in [-0.15, -0.1) is 0 Å². The van der Waals surface area contributed by atoms with E-state index in [1.807, 2.05) is 18.2 Å². The number of rotatable bonds is 2. The number of aliphatic hydroxyl groups is 1. The van der Waals surface area contributed by atoms with Crippen molar-refractivity contribution in [3.63, 3.8) is 0 Å². The van der Waals surface area contributed by atoms with Crippen LogP contribution >= 0.6 is 11.6 Å². The van der Waals surface area contributed by atoms with E-state index in [1.54, 1.807) is 18.2 Å². The number of aryl methyl sites for hydroxylation is 1. The molecule has 4 nitrogen and oxygen atoms in total. The van der Waals surface area contributed by atoms with E-state index in [0.717, 1.165) is 35.2 Å². The normalized spacial score (nSPS) is 20.1. The van der Waals surface area contributed by atoms with E-state index in [2.05, 4.69) is 11.4 Å². The summed E-state index contributed by atoms with van der Waals surface area (Å²) in [5.41, 5.74) is 4.86. The average molecular weight is 370 g/mol. The highest BCUT2D eigenvalue weighted by Gasteiger charge is 2.20. The summed E-state index contributed by atoms with van der Waals surface area (Å²) in [6, 6.07) is 11.4. The number of hydrogen-bond acceptors (Lipinski definition) is 3. The summed E-state index contributed by atoms with van der Waals surface area (Å²) >= 11 is 6.02. The first-order chi connectivity index (χ1) is 12.6. The Bertz CT molecular complexity index is 891. The molecule has 1 amide bonds. The summed E-state index contributed by atoms with van der Waals surface area (Å²) in [6.45, 7) is 0.527. The number of aliphatic hydroxyl groups excluding tert-OH is 1. The minimum Gasteiger partial charge on any atom is -0.493 e. The van der Waals surface area contributed by atoms with Gasteiger partial charge in [0.15, 0.2) is 0 Å². The van der Waals surface area contributed by atoms with Gasteiger partial charge in [0, 0.05) is 35.2 Å². The Morgan fingerprint density at radius 3 is 3.04 bits per heavy atom. The van der Waals surface area contributed by atoms with Crippen molar-refractivity contribution in [3.8, 4) is 5.75 Å². The number of fused-ring (bicyclic) bond motifs is 2. The Balaban J connectivity index is 1.58. The lowest BCUT2D eigenvalue weighted by atomic mass is 9.88. The smallest absolute Gasteiger partial charge is 0.248 e. The molecule has 0 saturated heterocycles. The van der Waals surface area contributed by atoms with Crippen LogP contribution in [0.4, 0.5) is 5.69 Å². The van der Waals surface area contributed by atoms with Crippen molar-refractivity contribution in [2.75, 3.05) is 11.9 Å². The number of halogens is 1. The molecule has 0 aromatic heterocycles. The molecule has 2 N–H and O–H groups in total. The van der Waals surface area contributed by atoms with Crippen molar-refractivity contribution < 1.29 is 14.6 Å². The minimum atomic E-state index is -0.342. The van der Waals surface area contributed by atoms with Gasteiger partial charge in [-0.3, -0.25) is 4.79 Å². The van der Waals surface area contributed by atoms with Gasteiger partial charge in [0.25, 0.3) is 0 Å². The number of anilines is 1. The zero-order chi connectivity index (χ0) is 18.1. The third-order valence-corrected chi connectivity index (χ3v) is 5.18. The predicted octanol–water partition coefficient (Wildman–Crippen LogP) is 3.99. The highest BCUT2D eigenvalue weighted by atomic mass is 35.5. The summed E-state index contributed by atoms with van der Waals surface area (Å²) in [5, 5.41) is 13.6. The van der Waals surface area contributed by atoms with Crippen LogP contribution in [0.2, 0.25) is 5.02 Å². The fraction of sp³-hybridized carbons (Fsp3) is 0.286. The van der Waals surface area contributed by atoms with Gasteiger partial charge in [-0.1, -0.05) is 23.7 Å². The maximum Gasteiger partial charge on any atom is 0.248 e. The van der Waals surface area contributed by atoms with Gasteiger partial charge < -0.3 is 15.2 Å². The molecular formula is C21H20ClNO3. The molecule has 1 aliphatic carbocycles. The van der Waals surface area contributed by atoms with Crippen molar-refractivity contribution in [3.05, 3.63) is 64.2 Å². The predicted molar refractivity (Wildman–Crippen MR) is 103 cm³/mol. The molecule has 26 heavy (non-hydrogen) atoms. The van der Waals surface area contributed by atoms with Crippen molar-refractivity contribution in [1.82, 2.24) is 0 Å². The highest BCUT2D eigenvalue weighted by molar-refractivity contribution is 6.30. The lowest BCUT2D eigenvalue weighted by molar-refractivity contribution is -0.111. The number of hydrogen-bond donors (Lipinski definition) is 2. The van der Waals surface area contributed by atoms with Crippen LogP contribution < -0.4 is 10.1 Å². The molecule has 4 rings (SSSR count). The van der Waals surface area contributed by atoms with Crippen LogP contribution in [0.5, 0.6) is 5.75 Å². The SMILES string of the molecule is O=C(C=C1CCOc2cc(Cl)ccc21)Nc1cccc2c1CC(O)CC2. The van der Waals surface area contributed by atoms with Gasteiger partial charge >= 0.3 is 0 Å². The van der Waals surface area contributed by atoms with E-state index in [9.17, 15) is 9.90 Å². The van der Waals surface area contributed by atoms with E-state index < -0.39 is 0 Å². The maximum atomic E-state index is 12.6. The summed E-state index contributed by atoms with van der Waals surface area (Å²) in [4.78, 5) is 12.6. The van der Waals surface area contributed by atoms with Crippen LogP contribution in [0.15, 0.2) is 42.5 Å². The second-order valence-electron chi connectivity index (χ2n) is 6.74. The van der Waals surface area contributed by atoms with Crippen molar-refractivity contribution in [2.45, 2.75) is 31.8 Å². The molecule has 2 aromatic rings. The largest absolute Gasteiger partial charge is 0.493 e. The molecule has 5 heteroatoms. The minimum absolute atomic E-state index is 0.170. The van der Waals surface area contributed by atoms with Crippen LogP contribution in [-0.2, 0) is 17.6 Å². The van der Waals surface area contributed by atoms with E-state index in [1.165, 1.54) is 5.56 Å².